The summed E-state index contributed by atoms with van der Waals surface area (Å²) in [6.07, 6.45) is 0.997. The summed E-state index contributed by atoms with van der Waals surface area (Å²) < 4.78 is 5.45. The average molecular weight is 205 g/mol. The van der Waals surface area contributed by atoms with Crippen LogP contribution in [0.5, 0.6) is 5.75 Å². The monoisotopic (exact) mass is 205 g/mol. The number of nitrogens with zero attached hydrogens (tertiary/aromatic N) is 3. The molecule has 0 aliphatic carbocycles. The van der Waals surface area contributed by atoms with Gasteiger partial charge >= 0.3 is 0 Å². The molecule has 4 nitrogen and oxygen atoms in total. The molecule has 0 saturated heterocycles. The van der Waals surface area contributed by atoms with Crippen LogP contribution in [0.1, 0.15) is 31.9 Å². The van der Waals surface area contributed by atoms with E-state index in [1.807, 2.05) is 31.2 Å². The van der Waals surface area contributed by atoms with Crippen LogP contribution in [-0.4, -0.2) is 6.61 Å². The van der Waals surface area contributed by atoms with Gasteiger partial charge in [-0.25, -0.2) is 0 Å². The van der Waals surface area contributed by atoms with Crippen molar-refractivity contribution in [2.75, 3.05) is 6.61 Å². The standard InChI is InChI=1S/C11H15N3O/c1-3-8-15-11-6-4-10(5-7-11)9(2)13-14-12/h4-7,9H,3,8H2,1-2H3/t9-/m1/s1. The van der Waals surface area contributed by atoms with E-state index in [1.54, 1.807) is 0 Å². The molecule has 0 unspecified atom stereocenters. The van der Waals surface area contributed by atoms with E-state index in [1.165, 1.54) is 0 Å². The van der Waals surface area contributed by atoms with Gasteiger partial charge in [0.25, 0.3) is 0 Å². The zero-order chi connectivity index (χ0) is 11.1. The van der Waals surface area contributed by atoms with Gasteiger partial charge in [-0.2, -0.15) is 0 Å². The molecular formula is C11H15N3O. The Hall–Kier alpha value is -1.67. The molecule has 0 aliphatic rings. The van der Waals surface area contributed by atoms with Gasteiger partial charge in [-0.15, -0.1) is 0 Å². The van der Waals surface area contributed by atoms with Crippen LogP contribution in [0.4, 0.5) is 0 Å². The van der Waals surface area contributed by atoms with Gasteiger partial charge in [0.1, 0.15) is 5.75 Å². The van der Waals surface area contributed by atoms with Crippen molar-refractivity contribution in [3.05, 3.63) is 40.3 Å². The zero-order valence-electron chi connectivity index (χ0n) is 9.05. The lowest BCUT2D eigenvalue weighted by Crippen LogP contribution is -1.95. The van der Waals surface area contributed by atoms with Gasteiger partial charge in [0.15, 0.2) is 0 Å². The van der Waals surface area contributed by atoms with E-state index in [4.69, 9.17) is 10.3 Å². The summed E-state index contributed by atoms with van der Waals surface area (Å²) in [6, 6.07) is 7.51. The molecule has 0 bridgehead atoms. The SMILES string of the molecule is CCCOc1ccc([C@@H](C)N=[N+]=[N-])cc1. The molecule has 0 radical (unpaired) electrons. The van der Waals surface area contributed by atoms with Gasteiger partial charge < -0.3 is 4.74 Å². The summed E-state index contributed by atoms with van der Waals surface area (Å²) in [5.74, 6) is 0.855. The number of azide groups is 1. The Bertz CT molecular complexity index is 341. The first-order chi connectivity index (χ1) is 7.27. The van der Waals surface area contributed by atoms with Gasteiger partial charge in [0.2, 0.25) is 0 Å². The fourth-order valence-corrected chi connectivity index (χ4v) is 1.21. The predicted octanol–water partition coefficient (Wildman–Crippen LogP) is 3.85. The molecule has 0 aromatic heterocycles. The Balaban J connectivity index is 2.67. The Kier molecular flexibility index (Phi) is 4.51. The van der Waals surface area contributed by atoms with Crippen molar-refractivity contribution in [1.29, 1.82) is 0 Å². The maximum atomic E-state index is 8.30. The van der Waals surface area contributed by atoms with Crippen LogP contribution >= 0.6 is 0 Å². The minimum absolute atomic E-state index is 0.129. The number of hydrogen-bond donors (Lipinski definition) is 0. The molecule has 0 aliphatic heterocycles. The summed E-state index contributed by atoms with van der Waals surface area (Å²) in [5, 5.41) is 3.63. The van der Waals surface area contributed by atoms with Gasteiger partial charge in [-0.3, -0.25) is 0 Å². The smallest absolute Gasteiger partial charge is 0.119 e. The lowest BCUT2D eigenvalue weighted by Gasteiger charge is -2.07. The van der Waals surface area contributed by atoms with Crippen molar-refractivity contribution in [2.45, 2.75) is 26.3 Å². The Morgan fingerprint density at radius 1 is 1.40 bits per heavy atom. The molecule has 0 spiro atoms. The van der Waals surface area contributed by atoms with E-state index in [0.29, 0.717) is 0 Å². The van der Waals surface area contributed by atoms with Gasteiger partial charge in [0, 0.05) is 4.91 Å². The van der Waals surface area contributed by atoms with Crippen LogP contribution in [-0.2, 0) is 0 Å². The van der Waals surface area contributed by atoms with E-state index in [-0.39, 0.29) is 6.04 Å². The van der Waals surface area contributed by atoms with Crippen molar-refractivity contribution in [2.24, 2.45) is 5.11 Å². The molecule has 1 aromatic rings. The molecule has 1 rings (SSSR count). The summed E-state index contributed by atoms with van der Waals surface area (Å²) in [6.45, 7) is 4.66. The number of ether oxygens (including phenoxy) is 1. The first kappa shape index (κ1) is 11.4. The summed E-state index contributed by atoms with van der Waals surface area (Å²) in [7, 11) is 0. The molecule has 0 N–H and O–H groups in total. The third-order valence-electron chi connectivity index (χ3n) is 2.06. The minimum atomic E-state index is -0.129. The molecule has 1 aromatic carbocycles. The maximum absolute atomic E-state index is 8.30. The highest BCUT2D eigenvalue weighted by molar-refractivity contribution is 5.28. The number of hydrogen-bond acceptors (Lipinski definition) is 2. The summed E-state index contributed by atoms with van der Waals surface area (Å²) >= 11 is 0. The van der Waals surface area contributed by atoms with Gasteiger partial charge in [0.05, 0.1) is 12.6 Å². The molecule has 0 fully saturated rings. The topological polar surface area (TPSA) is 58.0 Å². The number of rotatable bonds is 5. The van der Waals surface area contributed by atoms with Crippen LogP contribution in [0.3, 0.4) is 0 Å². The molecule has 0 amide bonds. The lowest BCUT2D eigenvalue weighted by atomic mass is 10.1. The third-order valence-corrected chi connectivity index (χ3v) is 2.06. The molecule has 15 heavy (non-hydrogen) atoms. The fraction of sp³-hybridized carbons (Fsp3) is 0.455. The van der Waals surface area contributed by atoms with Crippen molar-refractivity contribution in [1.82, 2.24) is 0 Å². The van der Waals surface area contributed by atoms with E-state index < -0.39 is 0 Å². The molecule has 80 valence electrons. The predicted molar refractivity (Wildman–Crippen MR) is 59.8 cm³/mol. The second-order valence-electron chi connectivity index (χ2n) is 3.30. The quantitative estimate of drug-likeness (QED) is 0.409. The maximum Gasteiger partial charge on any atom is 0.119 e. The van der Waals surface area contributed by atoms with Crippen LogP contribution in [0.25, 0.3) is 10.4 Å². The zero-order valence-corrected chi connectivity index (χ0v) is 9.05. The van der Waals surface area contributed by atoms with Crippen LogP contribution in [0.2, 0.25) is 0 Å². The summed E-state index contributed by atoms with van der Waals surface area (Å²) in [5.41, 5.74) is 9.30. The van der Waals surface area contributed by atoms with Crippen LogP contribution in [0.15, 0.2) is 29.4 Å². The van der Waals surface area contributed by atoms with Crippen molar-refractivity contribution in [3.63, 3.8) is 0 Å². The van der Waals surface area contributed by atoms with Gasteiger partial charge in [-0.05, 0) is 29.6 Å². The van der Waals surface area contributed by atoms with Crippen molar-refractivity contribution < 1.29 is 4.74 Å². The minimum Gasteiger partial charge on any atom is -0.494 e. The second-order valence-corrected chi connectivity index (χ2v) is 3.30. The van der Waals surface area contributed by atoms with Crippen LogP contribution in [0, 0.1) is 0 Å². The van der Waals surface area contributed by atoms with Crippen LogP contribution < -0.4 is 4.74 Å². The first-order valence-corrected chi connectivity index (χ1v) is 5.05. The van der Waals surface area contributed by atoms with E-state index in [9.17, 15) is 0 Å². The van der Waals surface area contributed by atoms with E-state index >= 15 is 0 Å². The van der Waals surface area contributed by atoms with Crippen molar-refractivity contribution >= 4 is 0 Å². The number of benzene rings is 1. The fourth-order valence-electron chi connectivity index (χ4n) is 1.21. The Labute approximate surface area is 89.5 Å². The molecule has 1 atom stereocenters. The second kappa shape index (κ2) is 5.94. The normalized spacial score (nSPS) is 11.6. The Morgan fingerprint density at radius 3 is 2.60 bits per heavy atom. The third kappa shape index (κ3) is 3.52. The highest BCUT2D eigenvalue weighted by atomic mass is 16.5. The molecule has 0 saturated carbocycles. The molecule has 4 heteroatoms. The Morgan fingerprint density at radius 2 is 2.07 bits per heavy atom. The highest BCUT2D eigenvalue weighted by Crippen LogP contribution is 2.20. The largest absolute Gasteiger partial charge is 0.494 e. The van der Waals surface area contributed by atoms with Gasteiger partial charge in [-0.1, -0.05) is 31.1 Å². The highest BCUT2D eigenvalue weighted by Gasteiger charge is 2.02. The summed E-state index contributed by atoms with van der Waals surface area (Å²) in [4.78, 5) is 2.78. The average Bonchev–Trinajstić information content (AvgIpc) is 2.27. The first-order valence-electron chi connectivity index (χ1n) is 5.05. The van der Waals surface area contributed by atoms with E-state index in [2.05, 4.69) is 16.9 Å². The van der Waals surface area contributed by atoms with Crippen molar-refractivity contribution in [3.8, 4) is 5.75 Å². The van der Waals surface area contributed by atoms with E-state index in [0.717, 1.165) is 24.3 Å². The molecule has 0 heterocycles. The molecular weight excluding hydrogens is 190 g/mol. The lowest BCUT2D eigenvalue weighted by molar-refractivity contribution is 0.317.